The SMILES string of the molecule is C[C@@]1(c2ccc(C(F)(F)F)cc2)NC(=O)N(C[C@@H](O)c2ccccc2C(F)(F)F)C1=O. The van der Waals surface area contributed by atoms with Gasteiger partial charge in [-0.15, -0.1) is 0 Å². The number of halogens is 6. The molecule has 0 aromatic heterocycles. The van der Waals surface area contributed by atoms with E-state index >= 15 is 0 Å². The Kier molecular flexibility index (Phi) is 5.51. The number of aliphatic hydroxyl groups excluding tert-OH is 1. The molecule has 5 nitrogen and oxygen atoms in total. The second kappa shape index (κ2) is 7.56. The van der Waals surface area contributed by atoms with E-state index in [9.17, 15) is 41.0 Å². The van der Waals surface area contributed by atoms with Gasteiger partial charge in [0.05, 0.1) is 23.8 Å². The van der Waals surface area contributed by atoms with Crippen LogP contribution in [-0.2, 0) is 22.7 Å². The van der Waals surface area contributed by atoms with Crippen LogP contribution in [0.5, 0.6) is 0 Å². The monoisotopic (exact) mass is 446 g/mol. The van der Waals surface area contributed by atoms with E-state index in [2.05, 4.69) is 5.32 Å². The number of carbonyl (C=O) groups is 2. The van der Waals surface area contributed by atoms with Crippen molar-refractivity contribution >= 4 is 11.9 Å². The average molecular weight is 446 g/mol. The zero-order valence-electron chi connectivity index (χ0n) is 15.9. The highest BCUT2D eigenvalue weighted by Crippen LogP contribution is 2.37. The van der Waals surface area contributed by atoms with Crippen LogP contribution in [0.2, 0.25) is 0 Å². The highest BCUT2D eigenvalue weighted by molar-refractivity contribution is 6.07. The van der Waals surface area contributed by atoms with Gasteiger partial charge in [0.1, 0.15) is 5.54 Å². The van der Waals surface area contributed by atoms with E-state index in [1.165, 1.54) is 13.0 Å². The number of rotatable bonds is 4. The van der Waals surface area contributed by atoms with Gasteiger partial charge in [-0.2, -0.15) is 26.3 Å². The number of urea groups is 1. The van der Waals surface area contributed by atoms with Crippen LogP contribution in [0.4, 0.5) is 31.1 Å². The molecule has 0 bridgehead atoms. The molecule has 0 saturated carbocycles. The molecule has 2 aromatic carbocycles. The van der Waals surface area contributed by atoms with Crippen LogP contribution in [0, 0.1) is 0 Å². The van der Waals surface area contributed by atoms with E-state index in [1.54, 1.807) is 0 Å². The Morgan fingerprint density at radius 3 is 2.10 bits per heavy atom. The van der Waals surface area contributed by atoms with Crippen molar-refractivity contribution in [1.82, 2.24) is 10.2 Å². The minimum Gasteiger partial charge on any atom is -0.387 e. The van der Waals surface area contributed by atoms with Crippen LogP contribution in [0.25, 0.3) is 0 Å². The first-order valence-corrected chi connectivity index (χ1v) is 8.91. The summed E-state index contributed by atoms with van der Waals surface area (Å²) in [6.07, 6.45) is -11.2. The van der Waals surface area contributed by atoms with Crippen molar-refractivity contribution in [3.8, 4) is 0 Å². The number of nitrogens with zero attached hydrogens (tertiary/aromatic N) is 1. The fourth-order valence-electron chi connectivity index (χ4n) is 3.37. The quantitative estimate of drug-likeness (QED) is 0.546. The predicted molar refractivity (Wildman–Crippen MR) is 95.4 cm³/mol. The molecule has 2 atom stereocenters. The van der Waals surface area contributed by atoms with Gasteiger partial charge >= 0.3 is 18.4 Å². The number of carbonyl (C=O) groups excluding carboxylic acids is 2. The molecule has 0 unspecified atom stereocenters. The van der Waals surface area contributed by atoms with Gasteiger partial charge in [-0.05, 0) is 36.2 Å². The van der Waals surface area contributed by atoms with Gasteiger partial charge in [0, 0.05) is 0 Å². The third-order valence-corrected chi connectivity index (χ3v) is 5.05. The first kappa shape index (κ1) is 22.6. The summed E-state index contributed by atoms with van der Waals surface area (Å²) >= 11 is 0. The number of amides is 3. The number of hydrogen-bond donors (Lipinski definition) is 2. The molecule has 0 aliphatic carbocycles. The minimum atomic E-state index is -4.76. The topological polar surface area (TPSA) is 69.6 Å². The maximum absolute atomic E-state index is 13.2. The van der Waals surface area contributed by atoms with Crippen molar-refractivity contribution < 1.29 is 41.0 Å². The van der Waals surface area contributed by atoms with Crippen LogP contribution in [0.15, 0.2) is 48.5 Å². The van der Waals surface area contributed by atoms with E-state index in [0.29, 0.717) is 4.90 Å². The maximum atomic E-state index is 13.2. The summed E-state index contributed by atoms with van der Waals surface area (Å²) in [6.45, 7) is 0.486. The summed E-state index contributed by atoms with van der Waals surface area (Å²) in [4.78, 5) is 25.7. The van der Waals surface area contributed by atoms with E-state index in [4.69, 9.17) is 0 Å². The molecule has 11 heteroatoms. The largest absolute Gasteiger partial charge is 0.416 e. The lowest BCUT2D eigenvalue weighted by molar-refractivity contribution is -0.139. The molecule has 1 heterocycles. The Balaban J connectivity index is 1.86. The van der Waals surface area contributed by atoms with E-state index in [1.807, 2.05) is 0 Å². The molecule has 3 rings (SSSR count). The molecule has 1 saturated heterocycles. The van der Waals surface area contributed by atoms with Crippen LogP contribution in [-0.4, -0.2) is 28.5 Å². The van der Waals surface area contributed by atoms with E-state index in [0.717, 1.165) is 42.5 Å². The zero-order valence-corrected chi connectivity index (χ0v) is 15.9. The lowest BCUT2D eigenvalue weighted by Gasteiger charge is -2.24. The number of β-amino-alcohol motifs (C(OH)–C–C–N with tert-alkyl or cyclic N) is 1. The summed E-state index contributed by atoms with van der Waals surface area (Å²) in [5, 5.41) is 12.7. The summed E-state index contributed by atoms with van der Waals surface area (Å²) < 4.78 is 77.8. The summed E-state index contributed by atoms with van der Waals surface area (Å²) in [7, 11) is 0. The summed E-state index contributed by atoms with van der Waals surface area (Å²) in [5.74, 6) is -0.916. The number of nitrogens with one attached hydrogen (secondary N) is 1. The maximum Gasteiger partial charge on any atom is 0.416 e. The molecule has 1 aliphatic heterocycles. The molecule has 166 valence electrons. The van der Waals surface area contributed by atoms with E-state index < -0.39 is 59.2 Å². The molecule has 1 aliphatic rings. The zero-order chi connectivity index (χ0) is 23.2. The average Bonchev–Trinajstić information content (AvgIpc) is 2.90. The fourth-order valence-corrected chi connectivity index (χ4v) is 3.37. The number of benzene rings is 2. The van der Waals surface area contributed by atoms with Crippen LogP contribution < -0.4 is 5.32 Å². The van der Waals surface area contributed by atoms with Gasteiger partial charge < -0.3 is 10.4 Å². The lowest BCUT2D eigenvalue weighted by atomic mass is 9.91. The Hall–Kier alpha value is -3.08. The standard InChI is InChI=1S/C20H16F6N2O3/c1-18(11-6-8-12(9-7-11)19(21,22)23)16(30)28(17(31)27-18)10-15(29)13-4-2-3-5-14(13)20(24,25)26/h2-9,15,29H,10H2,1H3,(H,27,31)/t15-,18+/m1/s1. The molecular weight excluding hydrogens is 430 g/mol. The van der Waals surface area contributed by atoms with Crippen molar-refractivity contribution in [2.45, 2.75) is 30.9 Å². The summed E-state index contributed by atoms with van der Waals surface area (Å²) in [6, 6.07) is 6.75. The van der Waals surface area contributed by atoms with Gasteiger partial charge in [-0.1, -0.05) is 30.3 Å². The molecule has 0 spiro atoms. The molecule has 0 radical (unpaired) electrons. The Morgan fingerprint density at radius 2 is 1.55 bits per heavy atom. The van der Waals surface area contributed by atoms with Gasteiger partial charge in [-0.3, -0.25) is 9.69 Å². The van der Waals surface area contributed by atoms with Crippen LogP contribution in [0.3, 0.4) is 0 Å². The smallest absolute Gasteiger partial charge is 0.387 e. The second-order valence-electron chi connectivity index (χ2n) is 7.15. The third kappa shape index (κ3) is 4.22. The van der Waals surface area contributed by atoms with Crippen LogP contribution in [0.1, 0.15) is 35.3 Å². The van der Waals surface area contributed by atoms with Gasteiger partial charge in [0.2, 0.25) is 0 Å². The number of aliphatic hydroxyl groups is 1. The lowest BCUT2D eigenvalue weighted by Crippen LogP contribution is -2.41. The molecule has 31 heavy (non-hydrogen) atoms. The van der Waals surface area contributed by atoms with Crippen molar-refractivity contribution in [2.75, 3.05) is 6.54 Å². The van der Waals surface area contributed by atoms with E-state index in [-0.39, 0.29) is 5.56 Å². The number of imide groups is 1. The highest BCUT2D eigenvalue weighted by Gasteiger charge is 2.50. The molecular formula is C20H16F6N2O3. The Labute approximate surface area is 172 Å². The number of alkyl halides is 6. The third-order valence-electron chi connectivity index (χ3n) is 5.05. The summed E-state index contributed by atoms with van der Waals surface area (Å²) in [5.41, 5.74) is -4.28. The van der Waals surface area contributed by atoms with Gasteiger partial charge in [-0.25, -0.2) is 4.79 Å². The molecule has 1 fully saturated rings. The van der Waals surface area contributed by atoms with Gasteiger partial charge in [0.15, 0.2) is 0 Å². The second-order valence-corrected chi connectivity index (χ2v) is 7.15. The molecule has 2 aromatic rings. The Morgan fingerprint density at radius 1 is 0.968 bits per heavy atom. The Bertz CT molecular complexity index is 1000. The highest BCUT2D eigenvalue weighted by atomic mass is 19.4. The first-order chi connectivity index (χ1) is 14.2. The van der Waals surface area contributed by atoms with Gasteiger partial charge in [0.25, 0.3) is 5.91 Å². The molecule has 2 N–H and O–H groups in total. The van der Waals surface area contributed by atoms with Crippen molar-refractivity contribution in [3.63, 3.8) is 0 Å². The minimum absolute atomic E-state index is 0.0477. The number of hydrogen-bond acceptors (Lipinski definition) is 3. The van der Waals surface area contributed by atoms with Crippen molar-refractivity contribution in [2.24, 2.45) is 0 Å². The molecule has 3 amide bonds. The fraction of sp³-hybridized carbons (Fsp3) is 0.300. The predicted octanol–water partition coefficient (Wildman–Crippen LogP) is 4.22. The van der Waals surface area contributed by atoms with Crippen molar-refractivity contribution in [1.29, 1.82) is 0 Å². The van der Waals surface area contributed by atoms with Crippen LogP contribution >= 0.6 is 0 Å². The normalized spacial score (nSPS) is 20.7. The first-order valence-electron chi connectivity index (χ1n) is 8.91. The van der Waals surface area contributed by atoms with Crippen molar-refractivity contribution in [3.05, 3.63) is 70.8 Å².